The van der Waals surface area contributed by atoms with Gasteiger partial charge in [0.25, 0.3) is 0 Å². The van der Waals surface area contributed by atoms with Gasteiger partial charge >= 0.3 is 6.03 Å². The van der Waals surface area contributed by atoms with Crippen LogP contribution in [-0.2, 0) is 0 Å². The Bertz CT molecular complexity index is 974. The number of carbonyl (C=O) groups excluding carboxylic acids is 1. The number of aliphatic hydroxyl groups excluding tert-OH is 1. The van der Waals surface area contributed by atoms with Crippen LogP contribution in [0.1, 0.15) is 31.6 Å². The van der Waals surface area contributed by atoms with Crippen LogP contribution in [0.25, 0.3) is 11.0 Å². The smallest absolute Gasteiger partial charge is 0.319 e. The number of fused-ring (bicyclic) bond motifs is 1. The van der Waals surface area contributed by atoms with Crippen molar-refractivity contribution in [3.05, 3.63) is 52.3 Å². The van der Waals surface area contributed by atoms with Crippen LogP contribution in [0.4, 0.5) is 10.5 Å². The molecule has 2 amide bonds. The fourth-order valence-corrected chi connectivity index (χ4v) is 3.17. The molecule has 0 aliphatic carbocycles. The summed E-state index contributed by atoms with van der Waals surface area (Å²) in [5.74, 6) is 0. The molecule has 0 saturated carbocycles. The second kappa shape index (κ2) is 8.12. The van der Waals surface area contributed by atoms with Gasteiger partial charge in [-0.25, -0.2) is 14.5 Å². The van der Waals surface area contributed by atoms with Crippen molar-refractivity contribution in [1.29, 1.82) is 0 Å². The zero-order valence-electron chi connectivity index (χ0n) is 14.8. The van der Waals surface area contributed by atoms with E-state index in [0.29, 0.717) is 21.3 Å². The van der Waals surface area contributed by atoms with Gasteiger partial charge in [0.15, 0.2) is 5.65 Å². The van der Waals surface area contributed by atoms with Crippen LogP contribution in [-0.4, -0.2) is 32.4 Å². The maximum absolute atomic E-state index is 12.1. The van der Waals surface area contributed by atoms with Gasteiger partial charge in [-0.3, -0.25) is 0 Å². The highest BCUT2D eigenvalue weighted by molar-refractivity contribution is 6.35. The monoisotopic (exact) mass is 407 g/mol. The van der Waals surface area contributed by atoms with E-state index >= 15 is 0 Å². The van der Waals surface area contributed by atoms with E-state index in [4.69, 9.17) is 23.2 Å². The third-order valence-corrected chi connectivity index (χ3v) is 4.52. The number of carbonyl (C=O) groups is 1. The number of amides is 2. The van der Waals surface area contributed by atoms with E-state index in [0.717, 1.165) is 11.0 Å². The molecule has 0 saturated heterocycles. The highest BCUT2D eigenvalue weighted by Crippen LogP contribution is 2.26. The Kier molecular flexibility index (Phi) is 5.84. The summed E-state index contributed by atoms with van der Waals surface area (Å²) >= 11 is 11.9. The number of aliphatic hydroxyl groups is 1. The quantitative estimate of drug-likeness (QED) is 0.591. The molecule has 3 rings (SSSR count). The average molecular weight is 408 g/mol. The van der Waals surface area contributed by atoms with E-state index in [-0.39, 0.29) is 12.6 Å². The summed E-state index contributed by atoms with van der Waals surface area (Å²) < 4.78 is 1.81. The molecule has 142 valence electrons. The van der Waals surface area contributed by atoms with Gasteiger partial charge in [-0.1, -0.05) is 29.3 Å². The number of urea groups is 1. The molecular weight excluding hydrogens is 389 g/mol. The summed E-state index contributed by atoms with van der Waals surface area (Å²) in [6, 6.07) is 6.32. The average Bonchev–Trinajstić information content (AvgIpc) is 3.03. The van der Waals surface area contributed by atoms with Gasteiger partial charge in [-0.15, -0.1) is 0 Å². The Morgan fingerprint density at radius 1 is 1.26 bits per heavy atom. The predicted octanol–water partition coefficient (Wildman–Crippen LogP) is 4.17. The number of rotatable bonds is 5. The third-order valence-electron chi connectivity index (χ3n) is 3.96. The Morgan fingerprint density at radius 2 is 2.04 bits per heavy atom. The van der Waals surface area contributed by atoms with Crippen molar-refractivity contribution in [2.75, 3.05) is 11.9 Å². The van der Waals surface area contributed by atoms with E-state index in [2.05, 4.69) is 20.7 Å². The van der Waals surface area contributed by atoms with Gasteiger partial charge in [0.05, 0.1) is 24.2 Å². The zero-order chi connectivity index (χ0) is 19.6. The molecule has 1 aromatic carbocycles. The SMILES string of the molecule is CC(C)n1ncc2cc(NC(=O)NCC(O)c3ccc(Cl)cc3Cl)cnc21. The maximum Gasteiger partial charge on any atom is 0.319 e. The Hall–Kier alpha value is -2.35. The molecule has 0 spiro atoms. The van der Waals surface area contributed by atoms with Gasteiger partial charge in [-0.05, 0) is 32.0 Å². The van der Waals surface area contributed by atoms with Crippen LogP contribution in [0, 0.1) is 0 Å². The number of hydrogen-bond acceptors (Lipinski definition) is 4. The summed E-state index contributed by atoms with van der Waals surface area (Å²) in [5.41, 5.74) is 1.77. The van der Waals surface area contributed by atoms with Crippen molar-refractivity contribution < 1.29 is 9.90 Å². The molecule has 1 atom stereocenters. The highest BCUT2D eigenvalue weighted by Gasteiger charge is 2.14. The number of halogens is 2. The van der Waals surface area contributed by atoms with E-state index in [9.17, 15) is 9.90 Å². The number of nitrogens with zero attached hydrogens (tertiary/aromatic N) is 3. The summed E-state index contributed by atoms with van der Waals surface area (Å²) in [7, 11) is 0. The Balaban J connectivity index is 1.61. The van der Waals surface area contributed by atoms with Crippen LogP contribution in [0.15, 0.2) is 36.7 Å². The Labute approximate surface area is 166 Å². The van der Waals surface area contributed by atoms with Crippen LogP contribution >= 0.6 is 23.2 Å². The summed E-state index contributed by atoms with van der Waals surface area (Å²) in [6.07, 6.45) is 2.32. The second-order valence-corrected chi connectivity index (χ2v) is 7.18. The number of pyridine rings is 1. The van der Waals surface area contributed by atoms with Crippen LogP contribution in [0.2, 0.25) is 10.0 Å². The lowest BCUT2D eigenvalue weighted by Crippen LogP contribution is -2.32. The zero-order valence-corrected chi connectivity index (χ0v) is 16.3. The first kappa shape index (κ1) is 19.4. The van der Waals surface area contributed by atoms with Crippen molar-refractivity contribution in [2.24, 2.45) is 0 Å². The lowest BCUT2D eigenvalue weighted by atomic mass is 10.1. The molecule has 0 radical (unpaired) electrons. The van der Waals surface area contributed by atoms with Crippen molar-refractivity contribution in [3.8, 4) is 0 Å². The fourth-order valence-electron chi connectivity index (χ4n) is 2.63. The largest absolute Gasteiger partial charge is 0.387 e. The number of nitrogens with one attached hydrogen (secondary N) is 2. The molecule has 0 fully saturated rings. The Morgan fingerprint density at radius 3 is 2.74 bits per heavy atom. The molecule has 3 aromatic rings. The summed E-state index contributed by atoms with van der Waals surface area (Å²) in [6.45, 7) is 4.03. The van der Waals surface area contributed by atoms with E-state index < -0.39 is 12.1 Å². The maximum atomic E-state index is 12.1. The van der Waals surface area contributed by atoms with E-state index in [1.165, 1.54) is 0 Å². The molecule has 0 aliphatic heterocycles. The minimum absolute atomic E-state index is 0.00581. The lowest BCUT2D eigenvalue weighted by molar-refractivity contribution is 0.175. The van der Waals surface area contributed by atoms with Gasteiger partial charge in [0.2, 0.25) is 0 Å². The second-order valence-electron chi connectivity index (χ2n) is 6.34. The topological polar surface area (TPSA) is 92.1 Å². The summed E-state index contributed by atoms with van der Waals surface area (Å²) in [5, 5.41) is 21.4. The molecule has 0 aliphatic rings. The van der Waals surface area contributed by atoms with Crippen molar-refractivity contribution in [2.45, 2.75) is 26.0 Å². The fraction of sp³-hybridized carbons (Fsp3) is 0.278. The minimum atomic E-state index is -0.953. The normalized spacial score (nSPS) is 12.4. The van der Waals surface area contributed by atoms with Gasteiger partial charge in [0.1, 0.15) is 0 Å². The van der Waals surface area contributed by atoms with Crippen molar-refractivity contribution in [3.63, 3.8) is 0 Å². The highest BCUT2D eigenvalue weighted by atomic mass is 35.5. The van der Waals surface area contributed by atoms with Crippen molar-refractivity contribution >= 4 is 46.0 Å². The van der Waals surface area contributed by atoms with Crippen LogP contribution in [0.3, 0.4) is 0 Å². The summed E-state index contributed by atoms with van der Waals surface area (Å²) in [4.78, 5) is 16.5. The first-order valence-electron chi connectivity index (χ1n) is 8.36. The molecule has 1 unspecified atom stereocenters. The number of benzene rings is 1. The molecule has 2 aromatic heterocycles. The standard InChI is InChI=1S/C18H19Cl2N5O2/c1-10(2)25-17-11(7-23-25)5-13(8-21-17)24-18(27)22-9-16(26)14-4-3-12(19)6-15(14)20/h3-8,10,16,26H,9H2,1-2H3,(H2,22,24,27). The number of aromatic nitrogens is 3. The van der Waals surface area contributed by atoms with Gasteiger partial charge in [-0.2, -0.15) is 5.10 Å². The lowest BCUT2D eigenvalue weighted by Gasteiger charge is -2.14. The van der Waals surface area contributed by atoms with E-state index in [1.54, 1.807) is 36.7 Å². The first-order chi connectivity index (χ1) is 12.8. The molecular formula is C18H19Cl2N5O2. The predicted molar refractivity (Wildman–Crippen MR) is 106 cm³/mol. The van der Waals surface area contributed by atoms with Crippen LogP contribution in [0.5, 0.6) is 0 Å². The number of anilines is 1. The molecule has 7 nitrogen and oxygen atoms in total. The van der Waals surface area contributed by atoms with Crippen LogP contribution < -0.4 is 10.6 Å². The molecule has 27 heavy (non-hydrogen) atoms. The van der Waals surface area contributed by atoms with Gasteiger partial charge in [0, 0.05) is 33.6 Å². The minimum Gasteiger partial charge on any atom is -0.387 e. The third kappa shape index (κ3) is 4.50. The molecule has 0 bridgehead atoms. The molecule has 9 heteroatoms. The number of hydrogen-bond donors (Lipinski definition) is 3. The first-order valence-corrected chi connectivity index (χ1v) is 9.12. The van der Waals surface area contributed by atoms with Gasteiger partial charge < -0.3 is 15.7 Å². The molecule has 3 N–H and O–H groups in total. The van der Waals surface area contributed by atoms with E-state index in [1.807, 2.05) is 18.5 Å². The molecule has 2 heterocycles. The van der Waals surface area contributed by atoms with Crippen molar-refractivity contribution in [1.82, 2.24) is 20.1 Å².